The number of carbonyl (C=O) groups excluding carboxylic acids is 1. The van der Waals surface area contributed by atoms with Crippen LogP contribution >= 0.6 is 0 Å². The van der Waals surface area contributed by atoms with Gasteiger partial charge in [-0.05, 0) is 32.6 Å². The van der Waals surface area contributed by atoms with Gasteiger partial charge in [-0.1, -0.05) is 25.4 Å². The molecule has 0 atom stereocenters. The van der Waals surface area contributed by atoms with Gasteiger partial charge in [0.2, 0.25) is 5.91 Å². The fourth-order valence-electron chi connectivity index (χ4n) is 2.67. The zero-order valence-corrected chi connectivity index (χ0v) is 16.4. The van der Waals surface area contributed by atoms with Crippen molar-refractivity contribution >= 4 is 21.6 Å². The molecule has 0 saturated heterocycles. The van der Waals surface area contributed by atoms with E-state index in [0.29, 0.717) is 12.4 Å². The van der Waals surface area contributed by atoms with Gasteiger partial charge in [0.05, 0.1) is 12.4 Å². The minimum atomic E-state index is -3.56. The Bertz CT molecular complexity index is 723. The van der Waals surface area contributed by atoms with Crippen LogP contribution in [0.2, 0.25) is 0 Å². The van der Waals surface area contributed by atoms with Gasteiger partial charge >= 0.3 is 0 Å². The van der Waals surface area contributed by atoms with Gasteiger partial charge in [0.25, 0.3) is 0 Å². The molecule has 1 amide bonds. The summed E-state index contributed by atoms with van der Waals surface area (Å²) in [6.07, 6.45) is 2.89. The molecule has 0 aliphatic heterocycles. The van der Waals surface area contributed by atoms with Crippen molar-refractivity contribution in [2.75, 3.05) is 24.8 Å². The van der Waals surface area contributed by atoms with E-state index in [1.54, 1.807) is 13.2 Å². The molecular weight excluding hydrogens is 344 g/mol. The number of rotatable bonds is 8. The molecule has 1 fully saturated rings. The van der Waals surface area contributed by atoms with Crippen molar-refractivity contribution in [3.05, 3.63) is 11.8 Å². The molecule has 1 aliphatic rings. The van der Waals surface area contributed by atoms with E-state index in [9.17, 15) is 13.2 Å². The first-order valence-electron chi connectivity index (χ1n) is 8.49. The minimum Gasteiger partial charge on any atom is -0.384 e. The lowest BCUT2D eigenvalue weighted by molar-refractivity contribution is -0.117. The summed E-state index contributed by atoms with van der Waals surface area (Å²) in [5, 5.41) is 6.40. The molecule has 8 heteroatoms. The van der Waals surface area contributed by atoms with Gasteiger partial charge in [0.15, 0.2) is 15.7 Å². The number of nitrogens with zero attached hydrogens (tertiary/aromatic N) is 1. The van der Waals surface area contributed by atoms with Crippen molar-refractivity contribution in [2.24, 2.45) is 5.92 Å². The number of methoxy groups -OCH3 is 1. The first kappa shape index (κ1) is 19.9. The first-order valence-corrected chi connectivity index (χ1v) is 10.1. The summed E-state index contributed by atoms with van der Waals surface area (Å²) in [4.78, 5) is 12.6. The Hall–Kier alpha value is -1.41. The van der Waals surface area contributed by atoms with Gasteiger partial charge in [0.1, 0.15) is 10.5 Å². The van der Waals surface area contributed by atoms with Gasteiger partial charge in [-0.2, -0.15) is 0 Å². The molecule has 0 aromatic carbocycles. The van der Waals surface area contributed by atoms with Crippen LogP contribution in [0.1, 0.15) is 54.1 Å². The predicted molar refractivity (Wildman–Crippen MR) is 97.4 cm³/mol. The predicted octanol–water partition coefficient (Wildman–Crippen LogP) is 2.78. The van der Waals surface area contributed by atoms with Crippen LogP contribution in [0.3, 0.4) is 0 Å². The number of carbonyl (C=O) groups is 1. The third-order valence-electron chi connectivity index (χ3n) is 4.93. The Morgan fingerprint density at radius 1 is 1.40 bits per heavy atom. The first-order chi connectivity index (χ1) is 11.5. The number of sulfone groups is 1. The molecular formula is C17H30N2O5S. The average molecular weight is 375 g/mol. The molecule has 7 nitrogen and oxygen atoms in total. The molecule has 1 saturated carbocycles. The van der Waals surface area contributed by atoms with Crippen LogP contribution in [0.15, 0.2) is 10.6 Å². The highest BCUT2D eigenvalue weighted by Crippen LogP contribution is 2.32. The fourth-order valence-corrected chi connectivity index (χ4v) is 4.38. The van der Waals surface area contributed by atoms with Crippen LogP contribution in [-0.2, 0) is 24.8 Å². The highest BCUT2D eigenvalue weighted by molar-refractivity contribution is 7.93. The highest BCUT2D eigenvalue weighted by Gasteiger charge is 2.43. The Morgan fingerprint density at radius 3 is 2.56 bits per heavy atom. The quantitative estimate of drug-likeness (QED) is 0.751. The zero-order chi connectivity index (χ0) is 18.9. The lowest BCUT2D eigenvalue weighted by Crippen LogP contribution is -2.47. The second-order valence-electron chi connectivity index (χ2n) is 7.94. The number of hydrogen-bond acceptors (Lipinski definition) is 6. The smallest absolute Gasteiger partial charge is 0.246 e. The number of aromatic nitrogens is 1. The van der Waals surface area contributed by atoms with Crippen molar-refractivity contribution in [3.8, 4) is 0 Å². The summed E-state index contributed by atoms with van der Waals surface area (Å²) in [5.41, 5.74) is -0.406. The second kappa shape index (κ2) is 7.07. The van der Waals surface area contributed by atoms with Crippen LogP contribution in [0.25, 0.3) is 0 Å². The Morgan fingerprint density at radius 2 is 2.04 bits per heavy atom. The molecule has 0 radical (unpaired) electrons. The van der Waals surface area contributed by atoms with E-state index in [-0.39, 0.29) is 18.9 Å². The highest BCUT2D eigenvalue weighted by atomic mass is 32.2. The number of nitrogens with one attached hydrogen (secondary N) is 1. The molecule has 0 bridgehead atoms. The monoisotopic (exact) mass is 374 g/mol. The van der Waals surface area contributed by atoms with Gasteiger partial charge in [-0.3, -0.25) is 4.79 Å². The van der Waals surface area contributed by atoms with Crippen molar-refractivity contribution in [1.29, 1.82) is 0 Å². The third-order valence-corrected chi connectivity index (χ3v) is 7.58. The molecule has 1 heterocycles. The normalized spacial score (nSPS) is 16.5. The van der Waals surface area contributed by atoms with Gasteiger partial charge in [-0.25, -0.2) is 8.42 Å². The van der Waals surface area contributed by atoms with Gasteiger partial charge < -0.3 is 14.6 Å². The molecule has 0 unspecified atom stereocenters. The molecule has 0 spiro atoms. The van der Waals surface area contributed by atoms with E-state index < -0.39 is 25.9 Å². The van der Waals surface area contributed by atoms with Crippen LogP contribution in [0, 0.1) is 5.92 Å². The Kier molecular flexibility index (Phi) is 5.63. The lowest BCUT2D eigenvalue weighted by atomic mass is 9.87. The van der Waals surface area contributed by atoms with Crippen molar-refractivity contribution in [1.82, 2.24) is 5.16 Å². The van der Waals surface area contributed by atoms with Crippen molar-refractivity contribution in [3.63, 3.8) is 0 Å². The van der Waals surface area contributed by atoms with E-state index in [2.05, 4.69) is 10.5 Å². The summed E-state index contributed by atoms with van der Waals surface area (Å²) in [5.74, 6) is 0.385. The van der Waals surface area contributed by atoms with Crippen molar-refractivity contribution < 1.29 is 23.9 Å². The topological polar surface area (TPSA) is 98.5 Å². The summed E-state index contributed by atoms with van der Waals surface area (Å²) < 4.78 is 34.1. The van der Waals surface area contributed by atoms with E-state index in [1.807, 2.05) is 13.8 Å². The van der Waals surface area contributed by atoms with E-state index in [0.717, 1.165) is 19.3 Å². The lowest BCUT2D eigenvalue weighted by Gasteiger charge is -2.30. The van der Waals surface area contributed by atoms with E-state index in [1.165, 1.54) is 13.8 Å². The van der Waals surface area contributed by atoms with Crippen LogP contribution in [0.5, 0.6) is 0 Å². The summed E-state index contributed by atoms with van der Waals surface area (Å²) in [6, 6.07) is 1.60. The van der Waals surface area contributed by atoms with E-state index >= 15 is 0 Å². The Labute approximate surface area is 150 Å². The standard InChI is InChI=1S/C17H28N2O5S.H2/c1-16(2,11-23-5)13-9-14(19-24-13)18-15(20)17(3,4)25(21,22)10-12-7-6-8-12;/h9,12H,6-8,10-11H2,1-5H3,(H,18,19,20);1H. The summed E-state index contributed by atoms with van der Waals surface area (Å²) in [7, 11) is -1.97. The molecule has 1 N–H and O–H groups in total. The zero-order valence-electron chi connectivity index (χ0n) is 15.6. The second-order valence-corrected chi connectivity index (χ2v) is 10.5. The maximum absolute atomic E-state index is 12.6. The summed E-state index contributed by atoms with van der Waals surface area (Å²) >= 11 is 0. The minimum absolute atomic E-state index is 0. The summed E-state index contributed by atoms with van der Waals surface area (Å²) in [6.45, 7) is 7.15. The SMILES string of the molecule is COCC(C)(C)c1cc(NC(=O)C(C)(C)S(=O)(=O)CC2CCC2)no1.[HH]. The van der Waals surface area contributed by atoms with Gasteiger partial charge in [-0.15, -0.1) is 0 Å². The number of ether oxygens (including phenoxy) is 1. The van der Waals surface area contributed by atoms with Crippen LogP contribution in [0.4, 0.5) is 5.82 Å². The largest absolute Gasteiger partial charge is 0.384 e. The molecule has 144 valence electrons. The maximum Gasteiger partial charge on any atom is 0.246 e. The molecule has 25 heavy (non-hydrogen) atoms. The van der Waals surface area contributed by atoms with Crippen molar-refractivity contribution in [2.45, 2.75) is 57.1 Å². The van der Waals surface area contributed by atoms with Crippen LogP contribution < -0.4 is 5.32 Å². The number of amides is 1. The van der Waals surface area contributed by atoms with E-state index in [4.69, 9.17) is 9.26 Å². The molecule has 1 aliphatic carbocycles. The number of anilines is 1. The maximum atomic E-state index is 12.6. The molecule has 1 aromatic heterocycles. The van der Waals surface area contributed by atoms with Crippen LogP contribution in [-0.4, -0.2) is 43.7 Å². The Balaban J connectivity index is 0.00000338. The average Bonchev–Trinajstić information content (AvgIpc) is 2.92. The molecule has 2 rings (SSSR count). The van der Waals surface area contributed by atoms with Gasteiger partial charge in [0, 0.05) is 20.0 Å². The number of hydrogen-bond donors (Lipinski definition) is 1. The molecule has 1 aromatic rings. The third kappa shape index (κ3) is 4.23. The fraction of sp³-hybridized carbons (Fsp3) is 0.765.